The summed E-state index contributed by atoms with van der Waals surface area (Å²) in [6.07, 6.45) is 12.0. The molecule has 0 bridgehead atoms. The summed E-state index contributed by atoms with van der Waals surface area (Å²) >= 11 is 0. The van der Waals surface area contributed by atoms with Crippen molar-refractivity contribution in [2.45, 2.75) is 65.7 Å². The van der Waals surface area contributed by atoms with Gasteiger partial charge >= 0.3 is 0 Å². The number of rotatable bonds is 9. The first-order valence-corrected chi connectivity index (χ1v) is 10.6. The maximum atomic E-state index is 6.99. The molecule has 1 aliphatic carbocycles. The lowest BCUT2D eigenvalue weighted by Crippen LogP contribution is -2.48. The Morgan fingerprint density at radius 1 is 1.00 bits per heavy atom. The normalized spacial score (nSPS) is 21.2. The molecule has 1 aromatic rings. The van der Waals surface area contributed by atoms with Crippen LogP contribution in [0, 0.1) is 11.8 Å². The number of hydrogen-bond acceptors (Lipinski definition) is 1. The monoisotopic (exact) mass is 370 g/mol. The Hall–Kier alpha value is -1.38. The molecule has 2 atom stereocenters. The molecule has 0 N–H and O–H groups in total. The zero-order valence-electron chi connectivity index (χ0n) is 18.5. The van der Waals surface area contributed by atoms with Crippen molar-refractivity contribution in [1.29, 1.82) is 0 Å². The van der Waals surface area contributed by atoms with Crippen LogP contribution >= 0.6 is 0 Å². The lowest BCUT2D eigenvalue weighted by atomic mass is 9.86. The standard InChI is InChI=1S/C25H40NO/c1-8-26(6,7)24(23-14-12-22(13-15-23)18-20(2)3)27-25(19-21(4)5)16-10-9-11-17-25/h9-16,20-21,24H,8,17-19H2,1-7H3/q+1. The molecule has 2 nitrogen and oxygen atoms in total. The summed E-state index contributed by atoms with van der Waals surface area (Å²) in [7, 11) is 4.55. The van der Waals surface area contributed by atoms with E-state index >= 15 is 0 Å². The van der Waals surface area contributed by atoms with E-state index in [2.05, 4.69) is 97.3 Å². The summed E-state index contributed by atoms with van der Waals surface area (Å²) in [5.41, 5.74) is 2.47. The van der Waals surface area contributed by atoms with E-state index in [0.29, 0.717) is 11.8 Å². The zero-order chi connectivity index (χ0) is 20.1. The number of quaternary nitrogens is 1. The van der Waals surface area contributed by atoms with Crippen molar-refractivity contribution in [2.75, 3.05) is 20.6 Å². The molecule has 0 aromatic heterocycles. The van der Waals surface area contributed by atoms with Gasteiger partial charge in [0.15, 0.2) is 0 Å². The summed E-state index contributed by atoms with van der Waals surface area (Å²) < 4.78 is 7.81. The zero-order valence-corrected chi connectivity index (χ0v) is 18.5. The van der Waals surface area contributed by atoms with Gasteiger partial charge in [-0.3, -0.25) is 4.48 Å². The molecule has 0 amide bonds. The molecule has 150 valence electrons. The van der Waals surface area contributed by atoms with Gasteiger partial charge in [0.1, 0.15) is 0 Å². The maximum absolute atomic E-state index is 6.99. The minimum atomic E-state index is -0.213. The fraction of sp³-hybridized carbons (Fsp3) is 0.600. The van der Waals surface area contributed by atoms with E-state index < -0.39 is 0 Å². The highest BCUT2D eigenvalue weighted by Crippen LogP contribution is 2.38. The average molecular weight is 371 g/mol. The number of hydrogen-bond donors (Lipinski definition) is 0. The minimum Gasteiger partial charge on any atom is -0.314 e. The van der Waals surface area contributed by atoms with Crippen LogP contribution in [0.25, 0.3) is 0 Å². The number of benzene rings is 1. The predicted octanol–water partition coefficient (Wildman–Crippen LogP) is 6.30. The summed E-state index contributed by atoms with van der Waals surface area (Å²) in [6, 6.07) is 9.13. The van der Waals surface area contributed by atoms with Gasteiger partial charge in [-0.15, -0.1) is 0 Å². The smallest absolute Gasteiger partial charge is 0.220 e. The summed E-state index contributed by atoms with van der Waals surface area (Å²) in [5.74, 6) is 1.27. The molecule has 0 fully saturated rings. The summed E-state index contributed by atoms with van der Waals surface area (Å²) in [4.78, 5) is 0. The van der Waals surface area contributed by atoms with E-state index in [1.165, 1.54) is 11.1 Å². The van der Waals surface area contributed by atoms with Gasteiger partial charge in [-0.2, -0.15) is 0 Å². The van der Waals surface area contributed by atoms with Gasteiger partial charge in [0.05, 0.1) is 26.2 Å². The number of allylic oxidation sites excluding steroid dienone is 2. The molecule has 1 aliphatic rings. The summed E-state index contributed by atoms with van der Waals surface area (Å²) in [5, 5.41) is 0. The Morgan fingerprint density at radius 2 is 1.67 bits per heavy atom. The molecule has 0 spiro atoms. The van der Waals surface area contributed by atoms with Crippen LogP contribution in [0.15, 0.2) is 48.6 Å². The highest BCUT2D eigenvalue weighted by atomic mass is 16.5. The molecular formula is C25H40NO+. The van der Waals surface area contributed by atoms with Gasteiger partial charge in [0, 0.05) is 5.56 Å². The average Bonchev–Trinajstić information content (AvgIpc) is 2.60. The van der Waals surface area contributed by atoms with Crippen LogP contribution in [0.3, 0.4) is 0 Å². The van der Waals surface area contributed by atoms with Crippen LogP contribution in [0.5, 0.6) is 0 Å². The second-order valence-electron chi connectivity index (χ2n) is 9.56. The largest absolute Gasteiger partial charge is 0.314 e. The van der Waals surface area contributed by atoms with Gasteiger partial charge in [-0.1, -0.05) is 76.3 Å². The van der Waals surface area contributed by atoms with E-state index in [1.54, 1.807) is 0 Å². The SMILES string of the molecule is CC[N+](C)(C)C(OC1(CC(C)C)C=CC=CC1)c1ccc(CC(C)C)cc1. The van der Waals surface area contributed by atoms with Crippen LogP contribution in [0.1, 0.15) is 64.8 Å². The topological polar surface area (TPSA) is 9.23 Å². The van der Waals surface area contributed by atoms with Gasteiger partial charge < -0.3 is 4.74 Å². The van der Waals surface area contributed by atoms with Crippen molar-refractivity contribution < 1.29 is 9.22 Å². The minimum absolute atomic E-state index is 0.0259. The second-order valence-corrected chi connectivity index (χ2v) is 9.56. The van der Waals surface area contributed by atoms with Crippen molar-refractivity contribution >= 4 is 0 Å². The molecule has 2 unspecified atom stereocenters. The van der Waals surface area contributed by atoms with Crippen molar-refractivity contribution in [1.82, 2.24) is 0 Å². The Labute approximate surface area is 167 Å². The highest BCUT2D eigenvalue weighted by Gasteiger charge is 2.39. The molecular weight excluding hydrogens is 330 g/mol. The lowest BCUT2D eigenvalue weighted by Gasteiger charge is -2.43. The molecule has 2 heteroatoms. The molecule has 2 rings (SSSR count). The van der Waals surface area contributed by atoms with Crippen LogP contribution in [-0.4, -0.2) is 30.7 Å². The third kappa shape index (κ3) is 6.05. The third-order valence-corrected chi connectivity index (χ3v) is 5.57. The molecule has 27 heavy (non-hydrogen) atoms. The molecule has 0 aliphatic heterocycles. The molecule has 0 saturated heterocycles. The van der Waals surface area contributed by atoms with Crippen molar-refractivity contribution in [3.8, 4) is 0 Å². The van der Waals surface area contributed by atoms with E-state index in [-0.39, 0.29) is 11.8 Å². The first-order valence-electron chi connectivity index (χ1n) is 10.6. The van der Waals surface area contributed by atoms with E-state index in [0.717, 1.165) is 30.3 Å². The van der Waals surface area contributed by atoms with Crippen LogP contribution in [-0.2, 0) is 11.2 Å². The van der Waals surface area contributed by atoms with E-state index in [4.69, 9.17) is 4.74 Å². The highest BCUT2D eigenvalue weighted by molar-refractivity contribution is 5.25. The fourth-order valence-corrected chi connectivity index (χ4v) is 3.92. The van der Waals surface area contributed by atoms with Gasteiger partial charge in [-0.05, 0) is 43.6 Å². The van der Waals surface area contributed by atoms with Crippen molar-refractivity contribution in [3.63, 3.8) is 0 Å². The molecule has 1 aromatic carbocycles. The van der Waals surface area contributed by atoms with E-state index in [1.807, 2.05) is 0 Å². The molecule has 0 heterocycles. The van der Waals surface area contributed by atoms with Crippen LogP contribution in [0.2, 0.25) is 0 Å². The first kappa shape index (κ1) is 21.9. The quantitative estimate of drug-likeness (QED) is 0.366. The van der Waals surface area contributed by atoms with Crippen molar-refractivity contribution in [3.05, 3.63) is 59.7 Å². The lowest BCUT2D eigenvalue weighted by molar-refractivity contribution is -0.945. The van der Waals surface area contributed by atoms with Crippen molar-refractivity contribution in [2.24, 2.45) is 11.8 Å². The first-order chi connectivity index (χ1) is 12.7. The summed E-state index contributed by atoms with van der Waals surface area (Å²) in [6.45, 7) is 12.4. The Bertz CT molecular complexity index is 639. The third-order valence-electron chi connectivity index (χ3n) is 5.57. The number of ether oxygens (including phenoxy) is 1. The molecule has 0 radical (unpaired) electrons. The van der Waals surface area contributed by atoms with Crippen LogP contribution in [0.4, 0.5) is 0 Å². The number of nitrogens with zero attached hydrogens (tertiary/aromatic N) is 1. The van der Waals surface area contributed by atoms with Crippen LogP contribution < -0.4 is 0 Å². The van der Waals surface area contributed by atoms with E-state index in [9.17, 15) is 0 Å². The Balaban J connectivity index is 2.34. The Morgan fingerprint density at radius 3 is 2.15 bits per heavy atom. The van der Waals surface area contributed by atoms with Gasteiger partial charge in [0.2, 0.25) is 6.23 Å². The fourth-order valence-electron chi connectivity index (χ4n) is 3.92. The van der Waals surface area contributed by atoms with Gasteiger partial charge in [0.25, 0.3) is 0 Å². The predicted molar refractivity (Wildman–Crippen MR) is 117 cm³/mol. The second kappa shape index (κ2) is 9.21. The molecule has 0 saturated carbocycles. The Kier molecular flexibility index (Phi) is 7.47. The maximum Gasteiger partial charge on any atom is 0.220 e. The van der Waals surface area contributed by atoms with Gasteiger partial charge in [-0.25, -0.2) is 0 Å².